The van der Waals surface area contributed by atoms with Gasteiger partial charge in [-0.2, -0.15) is 4.31 Å². The summed E-state index contributed by atoms with van der Waals surface area (Å²) < 4.78 is 99.5. The van der Waals surface area contributed by atoms with Crippen LogP contribution in [0.4, 0.5) is 22.0 Å². The topological polar surface area (TPSA) is 46.6 Å². The van der Waals surface area contributed by atoms with Crippen LogP contribution in [0, 0.1) is 29.1 Å². The van der Waals surface area contributed by atoms with Crippen molar-refractivity contribution in [2.45, 2.75) is 30.3 Å². The van der Waals surface area contributed by atoms with Crippen LogP contribution in [0.3, 0.4) is 0 Å². The SMILES string of the molecule is COc1ccc(CN(C2CC2)S(=O)(=O)c2c(F)c(F)c(F)c(F)c2F)cc1. The number of methoxy groups -OCH3 is 1. The summed E-state index contributed by atoms with van der Waals surface area (Å²) in [6.45, 7) is -0.281. The minimum Gasteiger partial charge on any atom is -0.497 e. The van der Waals surface area contributed by atoms with Gasteiger partial charge in [-0.15, -0.1) is 0 Å². The molecule has 27 heavy (non-hydrogen) atoms. The van der Waals surface area contributed by atoms with Crippen molar-refractivity contribution in [2.75, 3.05) is 7.11 Å². The van der Waals surface area contributed by atoms with Crippen molar-refractivity contribution < 1.29 is 35.1 Å². The molecule has 0 N–H and O–H groups in total. The lowest BCUT2D eigenvalue weighted by Crippen LogP contribution is -2.34. The summed E-state index contributed by atoms with van der Waals surface area (Å²) >= 11 is 0. The molecule has 0 amide bonds. The zero-order valence-electron chi connectivity index (χ0n) is 14.0. The fourth-order valence-electron chi connectivity index (χ4n) is 2.61. The molecular formula is C17H14F5NO3S. The van der Waals surface area contributed by atoms with Gasteiger partial charge in [0.25, 0.3) is 0 Å². The number of rotatable bonds is 6. The van der Waals surface area contributed by atoms with E-state index in [4.69, 9.17) is 4.74 Å². The molecule has 0 spiro atoms. The molecule has 1 fully saturated rings. The molecule has 0 unspecified atom stereocenters. The zero-order chi connectivity index (χ0) is 19.9. The maximum Gasteiger partial charge on any atom is 0.249 e. The van der Waals surface area contributed by atoms with Crippen molar-refractivity contribution in [1.29, 1.82) is 0 Å². The van der Waals surface area contributed by atoms with E-state index in [1.54, 1.807) is 24.3 Å². The van der Waals surface area contributed by atoms with Crippen LogP contribution in [0.5, 0.6) is 5.75 Å². The second-order valence-corrected chi connectivity index (χ2v) is 7.86. The van der Waals surface area contributed by atoms with E-state index in [-0.39, 0.29) is 6.54 Å². The smallest absolute Gasteiger partial charge is 0.249 e. The highest BCUT2D eigenvalue weighted by atomic mass is 32.2. The van der Waals surface area contributed by atoms with Crippen LogP contribution in [0.2, 0.25) is 0 Å². The number of hydrogen-bond acceptors (Lipinski definition) is 3. The Morgan fingerprint density at radius 1 is 0.926 bits per heavy atom. The van der Waals surface area contributed by atoms with E-state index >= 15 is 0 Å². The summed E-state index contributed by atoms with van der Waals surface area (Å²) in [5.74, 6) is -11.2. The van der Waals surface area contributed by atoms with Gasteiger partial charge in [0, 0.05) is 12.6 Å². The minimum atomic E-state index is -4.97. The summed E-state index contributed by atoms with van der Waals surface area (Å²) in [5, 5.41) is 0. The Balaban J connectivity index is 2.05. The number of hydrogen-bond donors (Lipinski definition) is 0. The Labute approximate surface area is 152 Å². The third-order valence-corrected chi connectivity index (χ3v) is 6.11. The summed E-state index contributed by atoms with van der Waals surface area (Å²) in [7, 11) is -3.53. The molecule has 2 aromatic carbocycles. The molecule has 0 radical (unpaired) electrons. The first-order valence-electron chi connectivity index (χ1n) is 7.84. The molecule has 1 saturated carbocycles. The van der Waals surface area contributed by atoms with Crippen LogP contribution < -0.4 is 4.74 Å². The van der Waals surface area contributed by atoms with Crippen LogP contribution in [0.25, 0.3) is 0 Å². The number of sulfonamides is 1. The molecule has 0 saturated heterocycles. The van der Waals surface area contributed by atoms with Crippen molar-refractivity contribution >= 4 is 10.0 Å². The van der Waals surface area contributed by atoms with Crippen LogP contribution in [0.1, 0.15) is 18.4 Å². The van der Waals surface area contributed by atoms with E-state index in [0.29, 0.717) is 24.2 Å². The molecule has 0 aromatic heterocycles. The molecule has 0 heterocycles. The largest absolute Gasteiger partial charge is 0.497 e. The van der Waals surface area contributed by atoms with E-state index in [1.165, 1.54) is 7.11 Å². The maximum atomic E-state index is 14.0. The van der Waals surface area contributed by atoms with Gasteiger partial charge in [-0.25, -0.2) is 30.4 Å². The second kappa shape index (κ2) is 7.08. The fourth-order valence-corrected chi connectivity index (χ4v) is 4.40. The molecule has 0 bridgehead atoms. The maximum absolute atomic E-state index is 14.0. The van der Waals surface area contributed by atoms with E-state index in [0.717, 1.165) is 4.31 Å². The van der Waals surface area contributed by atoms with E-state index < -0.39 is 50.0 Å². The lowest BCUT2D eigenvalue weighted by molar-refractivity contribution is 0.346. The number of halogens is 5. The molecule has 1 aliphatic rings. The van der Waals surface area contributed by atoms with Crippen molar-refractivity contribution in [2.24, 2.45) is 0 Å². The second-order valence-electron chi connectivity index (χ2n) is 6.03. The molecule has 10 heteroatoms. The first-order chi connectivity index (χ1) is 12.7. The van der Waals surface area contributed by atoms with Crippen LogP contribution in [0.15, 0.2) is 29.2 Å². The Morgan fingerprint density at radius 3 is 1.85 bits per heavy atom. The van der Waals surface area contributed by atoms with Gasteiger partial charge in [-0.1, -0.05) is 12.1 Å². The highest BCUT2D eigenvalue weighted by Crippen LogP contribution is 2.36. The van der Waals surface area contributed by atoms with Gasteiger partial charge in [0.15, 0.2) is 28.2 Å². The lowest BCUT2D eigenvalue weighted by Gasteiger charge is -2.23. The molecule has 1 aliphatic carbocycles. The molecule has 0 atom stereocenters. The lowest BCUT2D eigenvalue weighted by atomic mass is 10.2. The van der Waals surface area contributed by atoms with Gasteiger partial charge in [0.2, 0.25) is 15.8 Å². The van der Waals surface area contributed by atoms with E-state index in [9.17, 15) is 30.4 Å². The fraction of sp³-hybridized carbons (Fsp3) is 0.294. The average Bonchev–Trinajstić information content (AvgIpc) is 3.48. The summed E-state index contributed by atoms with van der Waals surface area (Å²) in [4.78, 5) is -1.83. The minimum absolute atomic E-state index is 0.281. The summed E-state index contributed by atoms with van der Waals surface area (Å²) in [6, 6.07) is 5.63. The molecule has 146 valence electrons. The normalized spacial score (nSPS) is 14.6. The van der Waals surface area contributed by atoms with Crippen molar-refractivity contribution in [3.05, 3.63) is 58.9 Å². The predicted octanol–water partition coefficient (Wildman–Crippen LogP) is 3.74. The first-order valence-corrected chi connectivity index (χ1v) is 9.28. The highest BCUT2D eigenvalue weighted by Gasteiger charge is 2.43. The van der Waals surface area contributed by atoms with Gasteiger partial charge in [0.1, 0.15) is 5.75 Å². The van der Waals surface area contributed by atoms with Crippen LogP contribution in [-0.2, 0) is 16.6 Å². The molecule has 2 aromatic rings. The molecule has 4 nitrogen and oxygen atoms in total. The Hall–Kier alpha value is -2.20. The van der Waals surface area contributed by atoms with Crippen LogP contribution >= 0.6 is 0 Å². The van der Waals surface area contributed by atoms with Crippen molar-refractivity contribution in [3.63, 3.8) is 0 Å². The van der Waals surface area contributed by atoms with Crippen molar-refractivity contribution in [1.82, 2.24) is 4.31 Å². The standard InChI is InChI=1S/C17H14F5NO3S/c1-26-11-6-2-9(3-7-11)8-23(10-4-5-10)27(24,25)17-15(21)13(19)12(18)14(20)16(17)22/h2-3,6-7,10H,4-5,8H2,1H3. The molecule has 0 aliphatic heterocycles. The summed E-state index contributed by atoms with van der Waals surface area (Å²) in [6.07, 6.45) is 0.843. The number of benzene rings is 2. The predicted molar refractivity (Wildman–Crippen MR) is 85.0 cm³/mol. The van der Waals surface area contributed by atoms with Crippen LogP contribution in [-0.4, -0.2) is 25.9 Å². The first kappa shape index (κ1) is 19.6. The monoisotopic (exact) mass is 407 g/mol. The highest BCUT2D eigenvalue weighted by molar-refractivity contribution is 7.89. The third kappa shape index (κ3) is 3.51. The van der Waals surface area contributed by atoms with E-state index in [1.807, 2.05) is 0 Å². The number of nitrogens with zero attached hydrogens (tertiary/aromatic N) is 1. The van der Waals surface area contributed by atoms with E-state index in [2.05, 4.69) is 0 Å². The quantitative estimate of drug-likeness (QED) is 0.416. The zero-order valence-corrected chi connectivity index (χ0v) is 14.8. The van der Waals surface area contributed by atoms with Gasteiger partial charge in [-0.05, 0) is 30.5 Å². The van der Waals surface area contributed by atoms with Gasteiger partial charge in [-0.3, -0.25) is 0 Å². The molecule has 3 rings (SSSR count). The van der Waals surface area contributed by atoms with Gasteiger partial charge >= 0.3 is 0 Å². The van der Waals surface area contributed by atoms with Crippen molar-refractivity contribution in [3.8, 4) is 5.75 Å². The van der Waals surface area contributed by atoms with Gasteiger partial charge in [0.05, 0.1) is 7.11 Å². The summed E-state index contributed by atoms with van der Waals surface area (Å²) in [5.41, 5.74) is 0.468. The number of ether oxygens (including phenoxy) is 1. The Kier molecular flexibility index (Phi) is 5.13. The Morgan fingerprint density at radius 2 is 1.41 bits per heavy atom. The van der Waals surface area contributed by atoms with Gasteiger partial charge < -0.3 is 4.74 Å². The Bertz CT molecular complexity index is 946. The average molecular weight is 407 g/mol. The molecular weight excluding hydrogens is 393 g/mol. The third-order valence-electron chi connectivity index (χ3n) is 4.19.